The first-order valence-corrected chi connectivity index (χ1v) is 8.75. The van der Waals surface area contributed by atoms with Crippen molar-refractivity contribution in [2.45, 2.75) is 23.9 Å². The molecule has 0 bridgehead atoms. The van der Waals surface area contributed by atoms with Gasteiger partial charge in [-0.1, -0.05) is 0 Å². The van der Waals surface area contributed by atoms with Crippen molar-refractivity contribution in [3.05, 3.63) is 23.8 Å². The van der Waals surface area contributed by atoms with Crippen LogP contribution in [0.3, 0.4) is 0 Å². The topological polar surface area (TPSA) is 63.7 Å². The number of benzene rings is 1. The lowest BCUT2D eigenvalue weighted by molar-refractivity contribution is -0.175. The van der Waals surface area contributed by atoms with E-state index < -0.39 is 35.1 Å². The summed E-state index contributed by atoms with van der Waals surface area (Å²) in [6, 6.07) is 4.39. The van der Waals surface area contributed by atoms with E-state index in [0.29, 0.717) is 30.6 Å². The van der Waals surface area contributed by atoms with Gasteiger partial charge in [-0.2, -0.15) is 13.2 Å². The summed E-state index contributed by atoms with van der Waals surface area (Å²) in [6.07, 6.45) is -2.19. The predicted octanol–water partition coefficient (Wildman–Crippen LogP) is 1.95. The third-order valence-electron chi connectivity index (χ3n) is 3.39. The maximum Gasteiger partial charge on any atom is 0.411 e. The number of carbonyl (C=O) groups is 1. The Hall–Kier alpha value is -1.61. The number of hydrogen-bond donors (Lipinski definition) is 0. The van der Waals surface area contributed by atoms with Gasteiger partial charge < -0.3 is 9.64 Å². The summed E-state index contributed by atoms with van der Waals surface area (Å²) in [5.74, 6) is -0.581. The summed E-state index contributed by atoms with van der Waals surface area (Å²) in [4.78, 5) is 13.5. The Balaban J connectivity index is 2.14. The fourth-order valence-electron chi connectivity index (χ4n) is 2.40. The van der Waals surface area contributed by atoms with Crippen LogP contribution in [0.15, 0.2) is 23.1 Å². The second-order valence-corrected chi connectivity index (χ2v) is 7.34. The number of hydrogen-bond acceptors (Lipinski definition) is 4. The average Bonchev–Trinajstić information content (AvgIpc) is 2.43. The Bertz CT molecular complexity index is 700. The van der Waals surface area contributed by atoms with Crippen molar-refractivity contribution in [3.63, 3.8) is 0 Å². The molecule has 0 atom stereocenters. The van der Waals surface area contributed by atoms with Gasteiger partial charge in [-0.25, -0.2) is 8.42 Å². The molecule has 5 nitrogen and oxygen atoms in total. The third-order valence-corrected chi connectivity index (χ3v) is 4.50. The molecule has 1 aromatic rings. The van der Waals surface area contributed by atoms with Crippen LogP contribution in [0, 0.1) is 0 Å². The largest absolute Gasteiger partial charge is 0.411 e. The van der Waals surface area contributed by atoms with E-state index in [4.69, 9.17) is 0 Å². The molecule has 0 aliphatic carbocycles. The molecular formula is C14H16F3NO4S. The van der Waals surface area contributed by atoms with Crippen LogP contribution < -0.4 is 4.90 Å². The summed E-state index contributed by atoms with van der Waals surface area (Å²) in [7, 11) is -3.36. The molecular weight excluding hydrogens is 335 g/mol. The van der Waals surface area contributed by atoms with E-state index >= 15 is 0 Å². The number of ether oxygens (including phenoxy) is 1. The smallest absolute Gasteiger partial charge is 0.362 e. The number of fused-ring (bicyclic) bond motifs is 1. The first-order valence-electron chi connectivity index (χ1n) is 6.86. The number of alkyl halides is 3. The Morgan fingerprint density at radius 3 is 2.65 bits per heavy atom. The third kappa shape index (κ3) is 4.68. The van der Waals surface area contributed by atoms with Gasteiger partial charge in [0.1, 0.15) is 13.2 Å². The summed E-state index contributed by atoms with van der Waals surface area (Å²) >= 11 is 0. The highest BCUT2D eigenvalue weighted by Crippen LogP contribution is 2.29. The lowest BCUT2D eigenvalue weighted by atomic mass is 10.0. The minimum Gasteiger partial charge on any atom is -0.362 e. The maximum atomic E-state index is 12.0. The number of carbonyl (C=O) groups excluding carboxylic acids is 1. The second kappa shape index (κ2) is 6.48. The van der Waals surface area contributed by atoms with Gasteiger partial charge in [0.05, 0.1) is 4.90 Å². The predicted molar refractivity (Wildman–Crippen MR) is 77.1 cm³/mol. The van der Waals surface area contributed by atoms with Crippen molar-refractivity contribution < 1.29 is 31.1 Å². The highest BCUT2D eigenvalue weighted by atomic mass is 32.2. The zero-order valence-corrected chi connectivity index (χ0v) is 13.2. The standard InChI is InChI=1S/C14H16F3NO4S/c1-23(20,21)11-4-5-12-10(7-11)3-2-6-18(12)13(19)8-22-9-14(15,16)17/h4-5,7H,2-3,6,8-9H2,1H3. The molecule has 1 aliphatic rings. The van der Waals surface area contributed by atoms with Crippen molar-refractivity contribution in [2.24, 2.45) is 0 Å². The molecule has 0 N–H and O–H groups in total. The first-order chi connectivity index (χ1) is 10.6. The van der Waals surface area contributed by atoms with E-state index in [2.05, 4.69) is 4.74 Å². The van der Waals surface area contributed by atoms with E-state index in [-0.39, 0.29) is 4.90 Å². The highest BCUT2D eigenvalue weighted by Gasteiger charge is 2.29. The molecule has 1 amide bonds. The van der Waals surface area contributed by atoms with Gasteiger partial charge in [0, 0.05) is 18.5 Å². The fourth-order valence-corrected chi connectivity index (χ4v) is 3.07. The lowest BCUT2D eigenvalue weighted by Crippen LogP contribution is -2.38. The number of nitrogens with zero attached hydrogens (tertiary/aromatic N) is 1. The summed E-state index contributed by atoms with van der Waals surface area (Å²) in [5, 5.41) is 0. The van der Waals surface area contributed by atoms with Crippen molar-refractivity contribution in [3.8, 4) is 0 Å². The molecule has 0 spiro atoms. The Morgan fingerprint density at radius 1 is 1.35 bits per heavy atom. The first kappa shape index (κ1) is 17.7. The van der Waals surface area contributed by atoms with Crippen molar-refractivity contribution in [2.75, 3.05) is 30.9 Å². The van der Waals surface area contributed by atoms with Gasteiger partial charge in [-0.3, -0.25) is 4.79 Å². The van der Waals surface area contributed by atoms with Crippen molar-refractivity contribution in [1.82, 2.24) is 0 Å². The van der Waals surface area contributed by atoms with Gasteiger partial charge >= 0.3 is 6.18 Å². The molecule has 1 aliphatic heterocycles. The summed E-state index contributed by atoms with van der Waals surface area (Å²) < 4.78 is 63.6. The van der Waals surface area contributed by atoms with Crippen LogP contribution in [0.5, 0.6) is 0 Å². The summed E-state index contributed by atoms with van der Waals surface area (Å²) in [6.45, 7) is -1.79. The number of aryl methyl sites for hydroxylation is 1. The van der Waals surface area contributed by atoms with Gasteiger partial charge in [0.15, 0.2) is 9.84 Å². The molecule has 9 heteroatoms. The zero-order chi connectivity index (χ0) is 17.3. The Kier molecular flexibility index (Phi) is 5.00. The van der Waals surface area contributed by atoms with Crippen LogP contribution in [0.25, 0.3) is 0 Å². The van der Waals surface area contributed by atoms with E-state index in [1.54, 1.807) is 0 Å². The minimum absolute atomic E-state index is 0.152. The fraction of sp³-hybridized carbons (Fsp3) is 0.500. The average molecular weight is 351 g/mol. The molecule has 128 valence electrons. The molecule has 0 fully saturated rings. The molecule has 1 aromatic carbocycles. The molecule has 23 heavy (non-hydrogen) atoms. The Labute approximate surface area is 132 Å². The van der Waals surface area contributed by atoms with E-state index in [1.165, 1.54) is 23.1 Å². The van der Waals surface area contributed by atoms with E-state index in [0.717, 1.165) is 6.26 Å². The molecule has 1 heterocycles. The van der Waals surface area contributed by atoms with E-state index in [1.807, 2.05) is 0 Å². The second-order valence-electron chi connectivity index (χ2n) is 5.32. The van der Waals surface area contributed by atoms with Gasteiger partial charge in [0.2, 0.25) is 0 Å². The quantitative estimate of drug-likeness (QED) is 0.832. The zero-order valence-electron chi connectivity index (χ0n) is 12.4. The minimum atomic E-state index is -4.48. The van der Waals surface area contributed by atoms with Crippen molar-refractivity contribution >= 4 is 21.4 Å². The van der Waals surface area contributed by atoms with Crippen LogP contribution in [0.2, 0.25) is 0 Å². The van der Waals surface area contributed by atoms with Crippen LogP contribution in [0.4, 0.5) is 18.9 Å². The van der Waals surface area contributed by atoms with Gasteiger partial charge in [-0.15, -0.1) is 0 Å². The number of anilines is 1. The molecule has 0 saturated carbocycles. The number of sulfone groups is 1. The normalized spacial score (nSPS) is 15.4. The Morgan fingerprint density at radius 2 is 2.04 bits per heavy atom. The van der Waals surface area contributed by atoms with Crippen LogP contribution in [0.1, 0.15) is 12.0 Å². The summed E-state index contributed by atoms with van der Waals surface area (Å²) in [5.41, 5.74) is 1.20. The number of halogens is 3. The number of rotatable bonds is 4. The molecule has 2 rings (SSSR count). The maximum absolute atomic E-state index is 12.0. The molecule has 0 radical (unpaired) electrons. The van der Waals surface area contributed by atoms with Crippen LogP contribution in [-0.4, -0.2) is 46.5 Å². The SMILES string of the molecule is CS(=O)(=O)c1ccc2c(c1)CCCN2C(=O)COCC(F)(F)F. The van der Waals surface area contributed by atoms with Gasteiger partial charge in [-0.05, 0) is 36.6 Å². The van der Waals surface area contributed by atoms with Crippen molar-refractivity contribution in [1.29, 1.82) is 0 Å². The molecule has 0 saturated heterocycles. The molecule has 0 unspecified atom stereocenters. The van der Waals surface area contributed by atoms with Gasteiger partial charge in [0.25, 0.3) is 5.91 Å². The lowest BCUT2D eigenvalue weighted by Gasteiger charge is -2.29. The molecule has 0 aromatic heterocycles. The van der Waals surface area contributed by atoms with E-state index in [9.17, 15) is 26.4 Å². The van der Waals surface area contributed by atoms with Crippen LogP contribution >= 0.6 is 0 Å². The number of amides is 1. The van der Waals surface area contributed by atoms with Crippen LogP contribution in [-0.2, 0) is 25.8 Å². The highest BCUT2D eigenvalue weighted by molar-refractivity contribution is 7.90. The monoisotopic (exact) mass is 351 g/mol.